The standard InChI is InChI=1S/C21H28N2O3S/c1-14(2)10-11-22-21(24)18-8-6-16(4)20(13-18)27(25,26)23-19-9-7-15(3)17(5)12-19/h6-9,12-14,23H,10-11H2,1-5H3,(H,22,24). The van der Waals surface area contributed by atoms with E-state index in [4.69, 9.17) is 0 Å². The van der Waals surface area contributed by atoms with Gasteiger partial charge in [0.05, 0.1) is 4.90 Å². The Bertz CT molecular complexity index is 934. The first kappa shape index (κ1) is 21.0. The first-order valence-corrected chi connectivity index (χ1v) is 10.6. The highest BCUT2D eigenvalue weighted by atomic mass is 32.2. The average molecular weight is 389 g/mol. The van der Waals surface area contributed by atoms with E-state index in [1.165, 1.54) is 6.07 Å². The first-order valence-electron chi connectivity index (χ1n) is 9.09. The second-order valence-corrected chi connectivity index (χ2v) is 8.97. The van der Waals surface area contributed by atoms with Crippen LogP contribution < -0.4 is 10.0 Å². The minimum Gasteiger partial charge on any atom is -0.352 e. The minimum absolute atomic E-state index is 0.109. The van der Waals surface area contributed by atoms with Crippen LogP contribution in [0.15, 0.2) is 41.3 Å². The van der Waals surface area contributed by atoms with Crippen LogP contribution in [0.1, 0.15) is 47.3 Å². The van der Waals surface area contributed by atoms with Gasteiger partial charge in [-0.15, -0.1) is 0 Å². The van der Waals surface area contributed by atoms with Crippen molar-refractivity contribution in [3.05, 3.63) is 58.7 Å². The lowest BCUT2D eigenvalue weighted by molar-refractivity contribution is 0.0952. The predicted octanol–water partition coefficient (Wildman–Crippen LogP) is 4.19. The Labute approximate surface area is 162 Å². The summed E-state index contributed by atoms with van der Waals surface area (Å²) >= 11 is 0. The Hall–Kier alpha value is -2.34. The Morgan fingerprint density at radius 1 is 0.963 bits per heavy atom. The molecule has 2 N–H and O–H groups in total. The number of carbonyl (C=O) groups excluding carboxylic acids is 1. The molecule has 27 heavy (non-hydrogen) atoms. The van der Waals surface area contributed by atoms with Crippen molar-refractivity contribution in [3.63, 3.8) is 0 Å². The monoisotopic (exact) mass is 388 g/mol. The molecule has 0 heterocycles. The van der Waals surface area contributed by atoms with Gasteiger partial charge in [-0.2, -0.15) is 0 Å². The summed E-state index contributed by atoms with van der Waals surface area (Å²) in [5.74, 6) is 0.222. The Morgan fingerprint density at radius 3 is 2.26 bits per heavy atom. The summed E-state index contributed by atoms with van der Waals surface area (Å²) in [5.41, 5.74) is 3.53. The molecule has 0 bridgehead atoms. The third-order valence-corrected chi connectivity index (χ3v) is 6.03. The van der Waals surface area contributed by atoms with Crippen LogP contribution in [0.5, 0.6) is 0 Å². The lowest BCUT2D eigenvalue weighted by Crippen LogP contribution is -2.26. The van der Waals surface area contributed by atoms with Gasteiger partial charge in [0.15, 0.2) is 0 Å². The van der Waals surface area contributed by atoms with Crippen LogP contribution in [-0.2, 0) is 10.0 Å². The van der Waals surface area contributed by atoms with Gasteiger partial charge in [-0.1, -0.05) is 26.0 Å². The van der Waals surface area contributed by atoms with Gasteiger partial charge >= 0.3 is 0 Å². The van der Waals surface area contributed by atoms with Crippen molar-refractivity contribution in [2.24, 2.45) is 5.92 Å². The lowest BCUT2D eigenvalue weighted by Gasteiger charge is -2.13. The van der Waals surface area contributed by atoms with Crippen LogP contribution in [0.25, 0.3) is 0 Å². The predicted molar refractivity (Wildman–Crippen MR) is 110 cm³/mol. The van der Waals surface area contributed by atoms with Crippen LogP contribution in [0.2, 0.25) is 0 Å². The molecule has 0 atom stereocenters. The van der Waals surface area contributed by atoms with Crippen molar-refractivity contribution in [2.45, 2.75) is 45.9 Å². The van der Waals surface area contributed by atoms with E-state index in [-0.39, 0.29) is 10.8 Å². The fraction of sp³-hybridized carbons (Fsp3) is 0.381. The number of hydrogen-bond acceptors (Lipinski definition) is 3. The molecule has 0 aliphatic heterocycles. The first-order chi connectivity index (χ1) is 12.6. The van der Waals surface area contributed by atoms with Crippen LogP contribution in [-0.4, -0.2) is 20.9 Å². The average Bonchev–Trinajstić information content (AvgIpc) is 2.57. The maximum atomic E-state index is 12.9. The van der Waals surface area contributed by atoms with Gasteiger partial charge in [-0.3, -0.25) is 9.52 Å². The maximum Gasteiger partial charge on any atom is 0.262 e. The molecule has 0 radical (unpaired) electrons. The lowest BCUT2D eigenvalue weighted by atomic mass is 10.1. The van der Waals surface area contributed by atoms with Gasteiger partial charge in [-0.05, 0) is 74.1 Å². The second-order valence-electron chi connectivity index (χ2n) is 7.32. The highest BCUT2D eigenvalue weighted by molar-refractivity contribution is 7.92. The molecular weight excluding hydrogens is 360 g/mol. The zero-order valence-electron chi connectivity index (χ0n) is 16.6. The zero-order valence-corrected chi connectivity index (χ0v) is 17.4. The molecule has 6 heteroatoms. The number of nitrogens with one attached hydrogen (secondary N) is 2. The fourth-order valence-electron chi connectivity index (χ4n) is 2.62. The maximum absolute atomic E-state index is 12.9. The summed E-state index contributed by atoms with van der Waals surface area (Å²) < 4.78 is 28.3. The van der Waals surface area contributed by atoms with E-state index in [2.05, 4.69) is 23.9 Å². The van der Waals surface area contributed by atoms with Crippen molar-refractivity contribution in [1.82, 2.24) is 5.32 Å². The Morgan fingerprint density at radius 2 is 1.63 bits per heavy atom. The van der Waals surface area contributed by atoms with E-state index in [1.54, 1.807) is 31.2 Å². The third kappa shape index (κ3) is 5.57. The van der Waals surface area contributed by atoms with Crippen LogP contribution in [0.3, 0.4) is 0 Å². The molecule has 1 amide bonds. The molecule has 146 valence electrons. The van der Waals surface area contributed by atoms with Gasteiger partial charge in [0.25, 0.3) is 15.9 Å². The summed E-state index contributed by atoms with van der Waals surface area (Å²) in [6, 6.07) is 10.1. The normalized spacial score (nSPS) is 11.5. The van der Waals surface area contributed by atoms with Gasteiger partial charge in [-0.25, -0.2) is 8.42 Å². The van der Waals surface area contributed by atoms with Gasteiger partial charge < -0.3 is 5.32 Å². The minimum atomic E-state index is -3.79. The molecule has 2 rings (SSSR count). The summed E-state index contributed by atoms with van der Waals surface area (Å²) in [4.78, 5) is 12.4. The van der Waals surface area contributed by atoms with Crippen LogP contribution >= 0.6 is 0 Å². The van der Waals surface area contributed by atoms with Crippen molar-refractivity contribution in [2.75, 3.05) is 11.3 Å². The van der Waals surface area contributed by atoms with Gasteiger partial charge in [0, 0.05) is 17.8 Å². The van der Waals surface area contributed by atoms with Gasteiger partial charge in [0.1, 0.15) is 0 Å². The summed E-state index contributed by atoms with van der Waals surface area (Å²) in [6.45, 7) is 10.4. The van der Waals surface area contributed by atoms with Crippen molar-refractivity contribution >= 4 is 21.6 Å². The van der Waals surface area contributed by atoms with Crippen molar-refractivity contribution in [3.8, 4) is 0 Å². The molecule has 0 saturated carbocycles. The zero-order chi connectivity index (χ0) is 20.2. The molecule has 0 aliphatic rings. The number of anilines is 1. The highest BCUT2D eigenvalue weighted by Gasteiger charge is 2.19. The van der Waals surface area contributed by atoms with E-state index in [0.717, 1.165) is 17.5 Å². The third-order valence-electron chi connectivity index (χ3n) is 4.51. The van der Waals surface area contributed by atoms with E-state index >= 15 is 0 Å². The highest BCUT2D eigenvalue weighted by Crippen LogP contribution is 2.22. The molecule has 0 aromatic heterocycles. The van der Waals surface area contributed by atoms with E-state index in [0.29, 0.717) is 29.3 Å². The number of benzene rings is 2. The molecule has 2 aromatic carbocycles. The summed E-state index contributed by atoms with van der Waals surface area (Å²) in [6.07, 6.45) is 0.872. The summed E-state index contributed by atoms with van der Waals surface area (Å²) in [5, 5.41) is 2.84. The number of hydrogen-bond donors (Lipinski definition) is 2. The molecule has 0 spiro atoms. The van der Waals surface area contributed by atoms with Crippen molar-refractivity contribution < 1.29 is 13.2 Å². The number of amides is 1. The molecule has 0 fully saturated rings. The number of sulfonamides is 1. The molecule has 0 aliphatic carbocycles. The van der Waals surface area contributed by atoms with E-state index < -0.39 is 10.0 Å². The number of rotatable bonds is 7. The smallest absolute Gasteiger partial charge is 0.262 e. The van der Waals surface area contributed by atoms with Crippen LogP contribution in [0, 0.1) is 26.7 Å². The van der Waals surface area contributed by atoms with Crippen LogP contribution in [0.4, 0.5) is 5.69 Å². The molecule has 0 unspecified atom stereocenters. The van der Waals surface area contributed by atoms with Crippen molar-refractivity contribution in [1.29, 1.82) is 0 Å². The largest absolute Gasteiger partial charge is 0.352 e. The number of aryl methyl sites for hydroxylation is 3. The Kier molecular flexibility index (Phi) is 6.65. The SMILES string of the molecule is Cc1ccc(NS(=O)(=O)c2cc(C(=O)NCCC(C)C)ccc2C)cc1C. The Balaban J connectivity index is 2.25. The van der Waals surface area contributed by atoms with E-state index in [9.17, 15) is 13.2 Å². The second kappa shape index (κ2) is 8.57. The molecule has 5 nitrogen and oxygen atoms in total. The topological polar surface area (TPSA) is 75.3 Å². The molecular formula is C21H28N2O3S. The molecule has 2 aromatic rings. The quantitative estimate of drug-likeness (QED) is 0.747. The molecule has 0 saturated heterocycles. The van der Waals surface area contributed by atoms with E-state index in [1.807, 2.05) is 19.9 Å². The number of carbonyl (C=O) groups is 1. The summed E-state index contributed by atoms with van der Waals surface area (Å²) in [7, 11) is -3.79. The van der Waals surface area contributed by atoms with Gasteiger partial charge in [0.2, 0.25) is 0 Å². The fourth-order valence-corrected chi connectivity index (χ4v) is 3.94.